The Kier molecular flexibility index (Phi) is 4.48. The summed E-state index contributed by atoms with van der Waals surface area (Å²) < 4.78 is 45.5. The fourth-order valence-corrected chi connectivity index (χ4v) is 1.46. The molecule has 1 aromatic carbocycles. The molecule has 0 saturated carbocycles. The quantitative estimate of drug-likeness (QED) is 0.813. The number of aromatic nitrogens is 2. The van der Waals surface area contributed by atoms with Crippen molar-refractivity contribution in [1.82, 2.24) is 21.0 Å². The first-order valence-electron chi connectivity index (χ1n) is 5.97. The van der Waals surface area contributed by atoms with E-state index in [-0.39, 0.29) is 17.0 Å². The molecule has 122 valence electrons. The van der Waals surface area contributed by atoms with E-state index in [1.54, 1.807) is 0 Å². The molecule has 2 rings (SSSR count). The number of amides is 2. The first-order chi connectivity index (χ1) is 10.8. The van der Waals surface area contributed by atoms with Crippen molar-refractivity contribution >= 4 is 12.0 Å². The molecule has 1 aromatic heterocycles. The minimum absolute atomic E-state index is 0.143. The minimum Gasteiger partial charge on any atom is -0.452 e. The first kappa shape index (κ1) is 16.3. The van der Waals surface area contributed by atoms with Crippen molar-refractivity contribution in [3.63, 3.8) is 0 Å². The molecule has 8 nitrogen and oxygen atoms in total. The summed E-state index contributed by atoms with van der Waals surface area (Å²) in [4.78, 5) is 25.7. The summed E-state index contributed by atoms with van der Waals surface area (Å²) in [5.74, 6) is -2.38. The van der Waals surface area contributed by atoms with Crippen LogP contribution in [0.25, 0.3) is 11.4 Å². The van der Waals surface area contributed by atoms with Crippen LogP contribution in [0, 0.1) is 0 Å². The molecule has 0 radical (unpaired) electrons. The van der Waals surface area contributed by atoms with Gasteiger partial charge in [0.2, 0.25) is 5.82 Å². The van der Waals surface area contributed by atoms with Gasteiger partial charge in [-0.25, -0.2) is 10.2 Å². The van der Waals surface area contributed by atoms with E-state index in [0.29, 0.717) is 0 Å². The number of nitrogens with one attached hydrogen (secondary N) is 2. The third kappa shape index (κ3) is 3.96. The van der Waals surface area contributed by atoms with E-state index in [1.165, 1.54) is 24.3 Å². The number of hydrogen-bond donors (Lipinski definition) is 2. The number of rotatable bonds is 2. The molecule has 11 heteroatoms. The molecule has 0 aliphatic rings. The third-order valence-corrected chi connectivity index (χ3v) is 2.54. The van der Waals surface area contributed by atoms with E-state index in [4.69, 9.17) is 0 Å². The van der Waals surface area contributed by atoms with Gasteiger partial charge < -0.3 is 9.26 Å². The van der Waals surface area contributed by atoms with Crippen LogP contribution in [-0.2, 0) is 10.9 Å². The lowest BCUT2D eigenvalue weighted by Crippen LogP contribution is -2.41. The largest absolute Gasteiger partial charge is 0.471 e. The highest BCUT2D eigenvalue weighted by Crippen LogP contribution is 2.29. The van der Waals surface area contributed by atoms with Crippen molar-refractivity contribution in [3.8, 4) is 11.4 Å². The highest BCUT2D eigenvalue weighted by Gasteiger charge is 2.38. The smallest absolute Gasteiger partial charge is 0.452 e. The Bertz CT molecular complexity index is 712. The molecule has 0 unspecified atom stereocenters. The van der Waals surface area contributed by atoms with Crippen molar-refractivity contribution in [1.29, 1.82) is 0 Å². The molecule has 0 aliphatic carbocycles. The van der Waals surface area contributed by atoms with Crippen LogP contribution < -0.4 is 10.9 Å². The molecule has 2 N–H and O–H groups in total. The summed E-state index contributed by atoms with van der Waals surface area (Å²) in [6, 6.07) is 5.29. The van der Waals surface area contributed by atoms with E-state index >= 15 is 0 Å². The maximum Gasteiger partial charge on any atom is 0.471 e. The molecular weight excluding hydrogens is 321 g/mol. The number of methoxy groups -OCH3 is 1. The Morgan fingerprint density at radius 1 is 1.17 bits per heavy atom. The molecule has 0 saturated heterocycles. The molecule has 0 spiro atoms. The third-order valence-electron chi connectivity index (χ3n) is 2.54. The van der Waals surface area contributed by atoms with Gasteiger partial charge in [0, 0.05) is 11.1 Å². The van der Waals surface area contributed by atoms with Crippen LogP contribution >= 0.6 is 0 Å². The summed E-state index contributed by atoms with van der Waals surface area (Å²) in [5.41, 5.74) is 4.41. The number of carbonyl (C=O) groups is 2. The summed E-state index contributed by atoms with van der Waals surface area (Å²) in [7, 11) is 1.12. The molecule has 0 fully saturated rings. The predicted octanol–water partition coefficient (Wildman–Crippen LogP) is 1.76. The Balaban J connectivity index is 2.09. The average molecular weight is 330 g/mol. The Hall–Kier alpha value is -3.11. The summed E-state index contributed by atoms with van der Waals surface area (Å²) in [6.07, 6.45) is -5.59. The molecule has 1 heterocycles. The van der Waals surface area contributed by atoms with Gasteiger partial charge in [-0.1, -0.05) is 17.3 Å². The fraction of sp³-hybridized carbons (Fsp3) is 0.167. The van der Waals surface area contributed by atoms with Crippen LogP contribution in [0.1, 0.15) is 16.2 Å². The zero-order valence-electron chi connectivity index (χ0n) is 11.5. The van der Waals surface area contributed by atoms with Crippen LogP contribution in [0.3, 0.4) is 0 Å². The number of halogens is 3. The molecule has 23 heavy (non-hydrogen) atoms. The number of nitrogens with zero attached hydrogens (tertiary/aromatic N) is 2. The molecular formula is C12H9F3N4O4. The first-order valence-corrected chi connectivity index (χ1v) is 5.97. The minimum atomic E-state index is -4.73. The Morgan fingerprint density at radius 3 is 2.35 bits per heavy atom. The van der Waals surface area contributed by atoms with Gasteiger partial charge in [0.25, 0.3) is 5.91 Å². The molecule has 2 aromatic rings. The second kappa shape index (κ2) is 6.34. The van der Waals surface area contributed by atoms with Crippen molar-refractivity contribution in [3.05, 3.63) is 35.7 Å². The van der Waals surface area contributed by atoms with Crippen LogP contribution in [-0.4, -0.2) is 29.3 Å². The number of benzene rings is 1. The van der Waals surface area contributed by atoms with E-state index in [2.05, 4.69) is 24.8 Å². The molecule has 0 aliphatic heterocycles. The SMILES string of the molecule is COC(=O)NNC(=O)c1ccc(-c2noc(C(F)(F)F)n2)cc1. The highest BCUT2D eigenvalue weighted by atomic mass is 19.4. The Morgan fingerprint density at radius 2 is 1.83 bits per heavy atom. The molecule has 0 atom stereocenters. The number of hydrazine groups is 1. The second-order valence-electron chi connectivity index (χ2n) is 4.07. The van der Waals surface area contributed by atoms with Crippen LogP contribution in [0.5, 0.6) is 0 Å². The second-order valence-corrected chi connectivity index (χ2v) is 4.07. The van der Waals surface area contributed by atoms with Crippen molar-refractivity contribution in [2.75, 3.05) is 7.11 Å². The molecule has 2 amide bonds. The van der Waals surface area contributed by atoms with Gasteiger partial charge in [0.1, 0.15) is 0 Å². The van der Waals surface area contributed by atoms with Crippen molar-refractivity contribution < 1.29 is 32.0 Å². The maximum atomic E-state index is 12.4. The predicted molar refractivity (Wildman–Crippen MR) is 67.7 cm³/mol. The monoisotopic (exact) mass is 330 g/mol. The van der Waals surface area contributed by atoms with Gasteiger partial charge in [-0.05, 0) is 12.1 Å². The van der Waals surface area contributed by atoms with Crippen molar-refractivity contribution in [2.24, 2.45) is 0 Å². The zero-order chi connectivity index (χ0) is 17.0. The van der Waals surface area contributed by atoms with E-state index < -0.39 is 24.1 Å². The Labute approximate surface area is 126 Å². The lowest BCUT2D eigenvalue weighted by molar-refractivity contribution is -0.159. The highest BCUT2D eigenvalue weighted by molar-refractivity contribution is 5.95. The van der Waals surface area contributed by atoms with Gasteiger partial charge in [-0.15, -0.1) is 0 Å². The lowest BCUT2D eigenvalue weighted by atomic mass is 10.1. The zero-order valence-corrected chi connectivity index (χ0v) is 11.5. The number of carbonyl (C=O) groups excluding carboxylic acids is 2. The van der Waals surface area contributed by atoms with E-state index in [9.17, 15) is 22.8 Å². The van der Waals surface area contributed by atoms with E-state index in [0.717, 1.165) is 7.11 Å². The standard InChI is InChI=1S/C12H9F3N4O4/c1-22-11(21)18-17-9(20)7-4-2-6(3-5-7)8-16-10(23-19-8)12(13,14)15/h2-5H,1H3,(H,17,20)(H,18,21). The normalized spacial score (nSPS) is 11.0. The maximum absolute atomic E-state index is 12.4. The fourth-order valence-electron chi connectivity index (χ4n) is 1.46. The average Bonchev–Trinajstić information content (AvgIpc) is 3.02. The van der Waals surface area contributed by atoms with Crippen LogP contribution in [0.4, 0.5) is 18.0 Å². The van der Waals surface area contributed by atoms with E-state index in [1.807, 2.05) is 5.43 Å². The van der Waals surface area contributed by atoms with Gasteiger partial charge in [-0.3, -0.25) is 10.2 Å². The van der Waals surface area contributed by atoms with Crippen molar-refractivity contribution in [2.45, 2.75) is 6.18 Å². The van der Waals surface area contributed by atoms with Gasteiger partial charge in [-0.2, -0.15) is 18.2 Å². The lowest BCUT2D eigenvalue weighted by Gasteiger charge is -2.06. The summed E-state index contributed by atoms with van der Waals surface area (Å²) >= 11 is 0. The summed E-state index contributed by atoms with van der Waals surface area (Å²) in [6.45, 7) is 0. The van der Waals surface area contributed by atoms with Crippen LogP contribution in [0.2, 0.25) is 0 Å². The van der Waals surface area contributed by atoms with Gasteiger partial charge in [0.15, 0.2) is 0 Å². The molecule has 0 bridgehead atoms. The topological polar surface area (TPSA) is 106 Å². The summed E-state index contributed by atoms with van der Waals surface area (Å²) in [5, 5.41) is 3.22. The number of alkyl halides is 3. The van der Waals surface area contributed by atoms with Gasteiger partial charge in [0.05, 0.1) is 7.11 Å². The van der Waals surface area contributed by atoms with Gasteiger partial charge >= 0.3 is 18.2 Å². The number of hydrogen-bond acceptors (Lipinski definition) is 6. The number of ether oxygens (including phenoxy) is 1. The van der Waals surface area contributed by atoms with Crippen LogP contribution in [0.15, 0.2) is 28.8 Å².